The number of benzene rings is 1. The summed E-state index contributed by atoms with van der Waals surface area (Å²) in [6.07, 6.45) is 0. The van der Waals surface area contributed by atoms with Crippen molar-refractivity contribution in [1.82, 2.24) is 0 Å². The minimum Gasteiger partial charge on any atom is -0.377 e. The van der Waals surface area contributed by atoms with Gasteiger partial charge in [0.15, 0.2) is 0 Å². The monoisotopic (exact) mass is 136 g/mol. The van der Waals surface area contributed by atoms with Crippen LogP contribution in [-0.4, -0.2) is 14.1 Å². The molecule has 1 nitrogen and oxygen atoms in total. The third-order valence-corrected chi connectivity index (χ3v) is 1.52. The van der Waals surface area contributed by atoms with Crippen LogP contribution in [0.5, 0.6) is 0 Å². The number of hydrogen-bond donors (Lipinski definition) is 0. The number of anilines is 1. The Morgan fingerprint density at radius 1 is 1.40 bits per heavy atom. The van der Waals surface area contributed by atoms with Crippen LogP contribution in [0.3, 0.4) is 0 Å². The van der Waals surface area contributed by atoms with Crippen molar-refractivity contribution in [3.63, 3.8) is 0 Å². The average molecular weight is 136 g/mol. The molecule has 1 aromatic rings. The summed E-state index contributed by atoms with van der Waals surface area (Å²) >= 11 is 0. The Morgan fingerprint density at radius 3 is 2.60 bits per heavy atom. The lowest BCUT2D eigenvalue weighted by molar-refractivity contribution is 1.11. The highest BCUT2D eigenvalue weighted by Crippen LogP contribution is 2.15. The summed E-state index contributed by atoms with van der Waals surface area (Å²) in [7, 11) is 3.98. The van der Waals surface area contributed by atoms with Crippen LogP contribution in [0.1, 0.15) is 6.93 Å². The van der Waals surface area contributed by atoms with Gasteiger partial charge < -0.3 is 4.90 Å². The predicted octanol–water partition coefficient (Wildman–Crippen LogP) is 2.06. The molecule has 54 valence electrons. The van der Waals surface area contributed by atoms with Crippen LogP contribution in [0, 0.1) is 6.92 Å². The standard InChI is InChI=1S/C9H13N/c1-8-6-4-5-7-9(8)10(2)3/h4-7H,1-3H3/i6D. The van der Waals surface area contributed by atoms with Crippen molar-refractivity contribution in [2.75, 3.05) is 19.0 Å². The molecule has 0 unspecified atom stereocenters. The summed E-state index contributed by atoms with van der Waals surface area (Å²) in [5, 5.41) is 0. The normalized spacial score (nSPS) is 10.9. The van der Waals surface area contributed by atoms with Crippen molar-refractivity contribution >= 4 is 5.69 Å². The van der Waals surface area contributed by atoms with Crippen molar-refractivity contribution in [1.29, 1.82) is 0 Å². The fourth-order valence-electron chi connectivity index (χ4n) is 0.996. The minimum absolute atomic E-state index is 0.608. The van der Waals surface area contributed by atoms with Crippen molar-refractivity contribution in [3.05, 3.63) is 29.8 Å². The molecular weight excluding hydrogens is 122 g/mol. The summed E-state index contributed by atoms with van der Waals surface area (Å²) in [6.45, 7) is 1.97. The highest BCUT2D eigenvalue weighted by atomic mass is 15.1. The number of hydrogen-bond acceptors (Lipinski definition) is 1. The highest BCUT2D eigenvalue weighted by Gasteiger charge is 1.95. The van der Waals surface area contributed by atoms with Gasteiger partial charge in [-0.3, -0.25) is 0 Å². The van der Waals surface area contributed by atoms with Gasteiger partial charge >= 0.3 is 0 Å². The van der Waals surface area contributed by atoms with Gasteiger partial charge in [0.1, 0.15) is 0 Å². The van der Waals surface area contributed by atoms with E-state index in [1.54, 1.807) is 0 Å². The second-order valence-electron chi connectivity index (χ2n) is 2.57. The van der Waals surface area contributed by atoms with Crippen LogP contribution in [0.2, 0.25) is 0 Å². The van der Waals surface area contributed by atoms with Gasteiger partial charge in [-0.25, -0.2) is 0 Å². The van der Waals surface area contributed by atoms with E-state index >= 15 is 0 Å². The van der Waals surface area contributed by atoms with Gasteiger partial charge in [-0.2, -0.15) is 0 Å². The lowest BCUT2D eigenvalue weighted by Crippen LogP contribution is -2.09. The van der Waals surface area contributed by atoms with Crippen molar-refractivity contribution < 1.29 is 1.37 Å². The van der Waals surface area contributed by atoms with Crippen LogP contribution >= 0.6 is 0 Å². The third kappa shape index (κ3) is 1.29. The van der Waals surface area contributed by atoms with E-state index in [9.17, 15) is 0 Å². The molecule has 0 amide bonds. The van der Waals surface area contributed by atoms with E-state index < -0.39 is 0 Å². The Morgan fingerprint density at radius 2 is 2.10 bits per heavy atom. The molecule has 0 N–H and O–H groups in total. The summed E-state index contributed by atoms with van der Waals surface area (Å²) in [5.41, 5.74) is 2.16. The van der Waals surface area contributed by atoms with Gasteiger partial charge in [0, 0.05) is 19.8 Å². The van der Waals surface area contributed by atoms with Gasteiger partial charge in [-0.1, -0.05) is 18.2 Å². The first-order chi connectivity index (χ1) is 5.13. The first-order valence-corrected chi connectivity index (χ1v) is 3.36. The maximum absolute atomic E-state index is 7.53. The fraction of sp³-hybridized carbons (Fsp3) is 0.333. The van der Waals surface area contributed by atoms with Gasteiger partial charge in [0.2, 0.25) is 0 Å². The third-order valence-electron chi connectivity index (χ3n) is 1.52. The molecule has 0 aliphatic carbocycles. The molecular formula is C9H13N. The van der Waals surface area contributed by atoms with Crippen LogP contribution in [0.4, 0.5) is 5.69 Å². The van der Waals surface area contributed by atoms with E-state index in [0.29, 0.717) is 6.04 Å². The topological polar surface area (TPSA) is 3.24 Å². The molecule has 10 heavy (non-hydrogen) atoms. The second-order valence-corrected chi connectivity index (χ2v) is 2.57. The zero-order chi connectivity index (χ0) is 8.43. The molecule has 0 saturated carbocycles. The molecule has 0 atom stereocenters. The largest absolute Gasteiger partial charge is 0.377 e. The predicted molar refractivity (Wildman–Crippen MR) is 45.5 cm³/mol. The van der Waals surface area contributed by atoms with Gasteiger partial charge in [0.05, 0.1) is 1.37 Å². The maximum Gasteiger partial charge on any atom is 0.0626 e. The van der Waals surface area contributed by atoms with Gasteiger partial charge in [-0.05, 0) is 18.6 Å². The zero-order valence-electron chi connectivity index (χ0n) is 7.68. The van der Waals surface area contributed by atoms with Crippen LogP contribution < -0.4 is 4.90 Å². The molecule has 0 fully saturated rings. The van der Waals surface area contributed by atoms with E-state index in [1.165, 1.54) is 0 Å². The smallest absolute Gasteiger partial charge is 0.0626 e. The molecule has 0 aliphatic rings. The molecule has 0 aromatic heterocycles. The zero-order valence-corrected chi connectivity index (χ0v) is 6.68. The molecule has 0 heterocycles. The average Bonchev–Trinajstić information content (AvgIpc) is 1.94. The lowest BCUT2D eigenvalue weighted by atomic mass is 10.2. The Bertz CT molecular complexity index is 256. The Labute approximate surface area is 63.7 Å². The number of rotatable bonds is 1. The summed E-state index contributed by atoms with van der Waals surface area (Å²) < 4.78 is 7.53. The molecule has 1 aromatic carbocycles. The van der Waals surface area contributed by atoms with Gasteiger partial charge in [-0.15, -0.1) is 0 Å². The highest BCUT2D eigenvalue weighted by molar-refractivity contribution is 5.51. The van der Waals surface area contributed by atoms with E-state index in [2.05, 4.69) is 0 Å². The number of nitrogens with zero attached hydrogens (tertiary/aromatic N) is 1. The first kappa shape index (κ1) is 5.78. The van der Waals surface area contributed by atoms with E-state index in [4.69, 9.17) is 1.37 Å². The van der Waals surface area contributed by atoms with Gasteiger partial charge in [0.25, 0.3) is 0 Å². The van der Waals surface area contributed by atoms with Crippen molar-refractivity contribution in [2.24, 2.45) is 0 Å². The van der Waals surface area contributed by atoms with Crippen molar-refractivity contribution in [3.8, 4) is 0 Å². The molecule has 0 spiro atoms. The first-order valence-electron chi connectivity index (χ1n) is 3.86. The van der Waals surface area contributed by atoms with Crippen LogP contribution in [-0.2, 0) is 0 Å². The number of para-hydroxylation sites is 1. The molecule has 0 bridgehead atoms. The van der Waals surface area contributed by atoms with Crippen LogP contribution in [0.25, 0.3) is 0 Å². The molecule has 0 saturated heterocycles. The Hall–Kier alpha value is -0.980. The summed E-state index contributed by atoms with van der Waals surface area (Å²) in [4.78, 5) is 2.02. The minimum atomic E-state index is 0.608. The van der Waals surface area contributed by atoms with E-state index in [0.717, 1.165) is 11.3 Å². The molecule has 0 aliphatic heterocycles. The Kier molecular flexibility index (Phi) is 1.58. The van der Waals surface area contributed by atoms with E-state index in [1.807, 2.05) is 44.1 Å². The SMILES string of the molecule is [2H]c1cccc(N(C)C)c1C. The quantitative estimate of drug-likeness (QED) is 0.571. The Balaban J connectivity index is 3.17. The lowest BCUT2D eigenvalue weighted by Gasteiger charge is -2.14. The summed E-state index contributed by atoms with van der Waals surface area (Å²) in [5.74, 6) is 0. The maximum atomic E-state index is 7.53. The molecule has 1 heteroatoms. The van der Waals surface area contributed by atoms with Crippen molar-refractivity contribution in [2.45, 2.75) is 6.92 Å². The second kappa shape index (κ2) is 2.74. The molecule has 0 radical (unpaired) electrons. The van der Waals surface area contributed by atoms with Crippen LogP contribution in [0.15, 0.2) is 24.2 Å². The fourth-order valence-corrected chi connectivity index (χ4v) is 0.996. The molecule has 1 rings (SSSR count). The van der Waals surface area contributed by atoms with E-state index in [-0.39, 0.29) is 0 Å². The summed E-state index contributed by atoms with van der Waals surface area (Å²) in [6, 6.07) is 6.34.